The third kappa shape index (κ3) is 10.0. The van der Waals surface area contributed by atoms with Gasteiger partial charge in [-0.2, -0.15) is 0 Å². The number of ether oxygens (including phenoxy) is 1. The first-order valence-corrected chi connectivity index (χ1v) is 6.29. The summed E-state index contributed by atoms with van der Waals surface area (Å²) in [5.74, 6) is -0.711. The van der Waals surface area contributed by atoms with Crippen LogP contribution in [0.2, 0.25) is 0 Å². The Bertz CT molecular complexity index is 318. The third-order valence-corrected chi connectivity index (χ3v) is 2.09. The van der Waals surface area contributed by atoms with E-state index in [-0.39, 0.29) is 25.0 Å². The molecule has 7 heteroatoms. The predicted molar refractivity (Wildman–Crippen MR) is 70.6 cm³/mol. The van der Waals surface area contributed by atoms with Crippen LogP contribution in [0.5, 0.6) is 0 Å². The molecule has 2 N–H and O–H groups in total. The van der Waals surface area contributed by atoms with Crippen molar-refractivity contribution in [1.29, 1.82) is 0 Å². The topological polar surface area (TPSA) is 87.7 Å². The lowest BCUT2D eigenvalue weighted by Crippen LogP contribution is -2.46. The highest BCUT2D eigenvalue weighted by Crippen LogP contribution is 1.91. The van der Waals surface area contributed by atoms with Crippen LogP contribution in [0.25, 0.3) is 0 Å². The fourth-order valence-electron chi connectivity index (χ4n) is 1.30. The molecule has 0 atom stereocenters. The van der Waals surface area contributed by atoms with Gasteiger partial charge in [-0.15, -0.1) is 0 Å². The van der Waals surface area contributed by atoms with Crippen LogP contribution in [0.3, 0.4) is 0 Å². The second-order valence-electron chi connectivity index (χ2n) is 4.47. The zero-order chi connectivity index (χ0) is 14.8. The molecule has 0 saturated carbocycles. The molecule has 0 heterocycles. The molecule has 19 heavy (non-hydrogen) atoms. The summed E-state index contributed by atoms with van der Waals surface area (Å²) in [7, 11) is 1.69. The smallest absolute Gasteiger partial charge is 0.321 e. The van der Waals surface area contributed by atoms with Crippen molar-refractivity contribution >= 4 is 17.9 Å². The van der Waals surface area contributed by atoms with E-state index in [1.54, 1.807) is 32.7 Å². The minimum atomic E-state index is -0.515. The Labute approximate surface area is 113 Å². The summed E-state index contributed by atoms with van der Waals surface area (Å²) in [4.78, 5) is 35.5. The molecule has 7 nitrogen and oxygen atoms in total. The maximum absolute atomic E-state index is 11.5. The summed E-state index contributed by atoms with van der Waals surface area (Å²) >= 11 is 0. The van der Waals surface area contributed by atoms with Crippen molar-refractivity contribution in [2.24, 2.45) is 0 Å². The molecule has 0 unspecified atom stereocenters. The van der Waals surface area contributed by atoms with Crippen LogP contribution >= 0.6 is 0 Å². The van der Waals surface area contributed by atoms with Gasteiger partial charge in [0.1, 0.15) is 0 Å². The van der Waals surface area contributed by atoms with Gasteiger partial charge in [0.05, 0.1) is 19.6 Å². The molecule has 0 rings (SSSR count). The van der Waals surface area contributed by atoms with Gasteiger partial charge in [0, 0.05) is 12.6 Å². The Balaban J connectivity index is 3.86. The zero-order valence-corrected chi connectivity index (χ0v) is 12.0. The molecular formula is C12H23N3O4. The lowest BCUT2D eigenvalue weighted by Gasteiger charge is -2.16. The van der Waals surface area contributed by atoms with E-state index < -0.39 is 11.9 Å². The normalized spacial score (nSPS) is 10.4. The van der Waals surface area contributed by atoms with Crippen LogP contribution in [-0.4, -0.2) is 55.6 Å². The number of carbonyl (C=O) groups is 3. The molecule has 0 aliphatic heterocycles. The van der Waals surface area contributed by atoms with Gasteiger partial charge in [0.25, 0.3) is 0 Å². The van der Waals surface area contributed by atoms with Crippen molar-refractivity contribution in [2.75, 3.05) is 26.7 Å². The second kappa shape index (κ2) is 9.32. The molecule has 0 saturated heterocycles. The minimum Gasteiger partial charge on any atom is -0.466 e. The van der Waals surface area contributed by atoms with Crippen molar-refractivity contribution in [2.45, 2.75) is 33.2 Å². The number of nitrogens with zero attached hydrogens (tertiary/aromatic N) is 1. The van der Waals surface area contributed by atoms with E-state index in [2.05, 4.69) is 10.6 Å². The highest BCUT2D eigenvalue weighted by atomic mass is 16.5. The van der Waals surface area contributed by atoms with E-state index in [9.17, 15) is 14.4 Å². The number of rotatable bonds is 7. The monoisotopic (exact) mass is 273 g/mol. The molecule has 0 spiro atoms. The van der Waals surface area contributed by atoms with E-state index >= 15 is 0 Å². The predicted octanol–water partition coefficient (Wildman–Crippen LogP) is 0.106. The maximum Gasteiger partial charge on any atom is 0.321 e. The molecule has 0 aromatic carbocycles. The number of nitrogens with one attached hydrogen (secondary N) is 2. The molecule has 110 valence electrons. The molecule has 0 fully saturated rings. The summed E-state index contributed by atoms with van der Waals surface area (Å²) in [5.41, 5.74) is 0. The molecule has 0 aliphatic rings. The Morgan fingerprint density at radius 1 is 1.26 bits per heavy atom. The van der Waals surface area contributed by atoms with Crippen molar-refractivity contribution in [1.82, 2.24) is 15.5 Å². The molecule has 0 aromatic heterocycles. The number of carbonyl (C=O) groups excluding carboxylic acids is 3. The highest BCUT2D eigenvalue weighted by Gasteiger charge is 2.12. The van der Waals surface area contributed by atoms with Gasteiger partial charge >= 0.3 is 12.0 Å². The second-order valence-corrected chi connectivity index (χ2v) is 4.47. The van der Waals surface area contributed by atoms with Crippen LogP contribution in [0.4, 0.5) is 4.79 Å². The van der Waals surface area contributed by atoms with E-state index in [0.717, 1.165) is 0 Å². The van der Waals surface area contributed by atoms with Crippen molar-refractivity contribution < 1.29 is 19.1 Å². The van der Waals surface area contributed by atoms with Gasteiger partial charge < -0.3 is 10.1 Å². The van der Waals surface area contributed by atoms with Gasteiger partial charge in [-0.3, -0.25) is 19.8 Å². The largest absolute Gasteiger partial charge is 0.466 e. The first-order valence-electron chi connectivity index (χ1n) is 6.29. The lowest BCUT2D eigenvalue weighted by atomic mass is 10.4. The number of imide groups is 1. The number of amides is 3. The zero-order valence-electron chi connectivity index (χ0n) is 12.0. The molecule has 0 aliphatic carbocycles. The lowest BCUT2D eigenvalue weighted by molar-refractivity contribution is -0.143. The van der Waals surface area contributed by atoms with E-state index in [1.807, 2.05) is 0 Å². The van der Waals surface area contributed by atoms with Crippen LogP contribution < -0.4 is 10.6 Å². The van der Waals surface area contributed by atoms with Crippen molar-refractivity contribution in [3.8, 4) is 0 Å². The van der Waals surface area contributed by atoms with Gasteiger partial charge in [-0.1, -0.05) is 0 Å². The van der Waals surface area contributed by atoms with Crippen molar-refractivity contribution in [3.63, 3.8) is 0 Å². The fourth-order valence-corrected chi connectivity index (χ4v) is 1.30. The van der Waals surface area contributed by atoms with E-state index in [4.69, 9.17) is 4.74 Å². The van der Waals surface area contributed by atoms with Gasteiger partial charge in [0.2, 0.25) is 5.91 Å². The van der Waals surface area contributed by atoms with Crippen LogP contribution in [0.15, 0.2) is 0 Å². The number of hydrogen-bond donors (Lipinski definition) is 2. The molecule has 0 aromatic rings. The quantitative estimate of drug-likeness (QED) is 0.643. The van der Waals surface area contributed by atoms with Gasteiger partial charge in [0.15, 0.2) is 0 Å². The maximum atomic E-state index is 11.5. The summed E-state index contributed by atoms with van der Waals surface area (Å²) in [6, 6.07) is -0.548. The first-order chi connectivity index (χ1) is 8.85. The number of urea groups is 1. The fraction of sp³-hybridized carbons (Fsp3) is 0.750. The summed E-state index contributed by atoms with van der Waals surface area (Å²) in [6.45, 7) is 6.13. The average molecular weight is 273 g/mol. The Morgan fingerprint density at radius 2 is 1.89 bits per heavy atom. The number of esters is 1. The summed E-state index contributed by atoms with van der Waals surface area (Å²) in [6.07, 6.45) is 0.218. The summed E-state index contributed by atoms with van der Waals surface area (Å²) < 4.78 is 4.78. The molecular weight excluding hydrogens is 250 g/mol. The third-order valence-electron chi connectivity index (χ3n) is 2.09. The van der Waals surface area contributed by atoms with Crippen molar-refractivity contribution in [3.05, 3.63) is 0 Å². The minimum absolute atomic E-state index is 0.0330. The van der Waals surface area contributed by atoms with Crippen LogP contribution in [0, 0.1) is 0 Å². The highest BCUT2D eigenvalue weighted by molar-refractivity contribution is 5.95. The number of hydrogen-bond acceptors (Lipinski definition) is 5. The molecule has 3 amide bonds. The average Bonchev–Trinajstić information content (AvgIpc) is 2.25. The first kappa shape index (κ1) is 17.4. The number of likely N-dealkylation sites (N-methyl/N-ethyl adjacent to an activating group) is 1. The molecule has 0 bridgehead atoms. The Hall–Kier alpha value is -1.63. The standard InChI is InChI=1S/C12H23N3O4/c1-5-19-11(17)6-7-15(4)8-10(16)14-12(18)13-9(2)3/h9H,5-8H2,1-4H3,(H2,13,14,16,18). The van der Waals surface area contributed by atoms with Gasteiger partial charge in [-0.05, 0) is 27.8 Å². The Kier molecular flexibility index (Phi) is 8.52. The molecule has 0 radical (unpaired) electrons. The Morgan fingerprint density at radius 3 is 2.42 bits per heavy atom. The van der Waals surface area contributed by atoms with Crippen LogP contribution in [0.1, 0.15) is 27.2 Å². The SMILES string of the molecule is CCOC(=O)CCN(C)CC(=O)NC(=O)NC(C)C. The van der Waals surface area contributed by atoms with Gasteiger partial charge in [-0.25, -0.2) is 4.79 Å². The van der Waals surface area contributed by atoms with Crippen LogP contribution in [-0.2, 0) is 14.3 Å². The van der Waals surface area contributed by atoms with E-state index in [1.165, 1.54) is 0 Å². The van der Waals surface area contributed by atoms with E-state index in [0.29, 0.717) is 13.2 Å². The summed E-state index contributed by atoms with van der Waals surface area (Å²) in [5, 5.41) is 4.76.